The molecule has 0 fully saturated rings. The van der Waals surface area contributed by atoms with Gasteiger partial charge in [-0.3, -0.25) is 14.2 Å². The Balaban J connectivity index is 2.10. The summed E-state index contributed by atoms with van der Waals surface area (Å²) in [6, 6.07) is 6.24. The third kappa shape index (κ3) is 4.42. The van der Waals surface area contributed by atoms with Gasteiger partial charge in [0.25, 0.3) is 0 Å². The summed E-state index contributed by atoms with van der Waals surface area (Å²) in [5.74, 6) is 0.368. The van der Waals surface area contributed by atoms with Crippen LogP contribution in [0.25, 0.3) is 11.3 Å². The van der Waals surface area contributed by atoms with Crippen molar-refractivity contribution in [1.29, 1.82) is 0 Å². The van der Waals surface area contributed by atoms with E-state index in [1.807, 2.05) is 0 Å². The van der Waals surface area contributed by atoms with Crippen LogP contribution in [0, 0.1) is 6.92 Å². The van der Waals surface area contributed by atoms with Crippen LogP contribution in [0.5, 0.6) is 0 Å². The minimum absolute atomic E-state index is 0.135. The summed E-state index contributed by atoms with van der Waals surface area (Å²) >= 11 is 5.89. The van der Waals surface area contributed by atoms with Crippen LogP contribution in [0.15, 0.2) is 29.1 Å². The zero-order valence-corrected chi connectivity index (χ0v) is 16.7. The first-order valence-electron chi connectivity index (χ1n) is 8.89. The molecule has 3 rings (SSSR count). The standard InChI is InChI=1S/C18H19ClF3N5O3/c1-9-15(11-3-5-12(19)6-4-11)27(7-13(29)18(20,21)22)17(30)26(9)8-14-23-16(10(2)28)25-24-14/h3-6,10,13,28-29H,7-8H2,1-2H3,(H,23,24,25)/t10-,13?/m0/s1. The molecule has 8 nitrogen and oxygen atoms in total. The number of benzene rings is 1. The number of nitrogens with zero attached hydrogens (tertiary/aromatic N) is 4. The number of H-pyrrole nitrogens is 1. The van der Waals surface area contributed by atoms with Gasteiger partial charge in [0.2, 0.25) is 0 Å². The number of hydrogen-bond donors (Lipinski definition) is 3. The van der Waals surface area contributed by atoms with Crippen molar-refractivity contribution in [3.63, 3.8) is 0 Å². The van der Waals surface area contributed by atoms with Gasteiger partial charge >= 0.3 is 11.9 Å². The molecule has 3 aromatic rings. The maximum absolute atomic E-state index is 13.0. The van der Waals surface area contributed by atoms with Crippen molar-refractivity contribution in [2.75, 3.05) is 0 Å². The molecule has 0 saturated carbocycles. The molecule has 30 heavy (non-hydrogen) atoms. The fraction of sp³-hybridized carbons (Fsp3) is 0.389. The summed E-state index contributed by atoms with van der Waals surface area (Å²) in [4.78, 5) is 17.0. The third-order valence-corrected chi connectivity index (χ3v) is 4.83. The van der Waals surface area contributed by atoms with E-state index in [2.05, 4.69) is 15.2 Å². The maximum Gasteiger partial charge on any atom is 0.416 e. The topological polar surface area (TPSA) is 109 Å². The van der Waals surface area contributed by atoms with Crippen molar-refractivity contribution in [3.8, 4) is 11.3 Å². The highest BCUT2D eigenvalue weighted by Gasteiger charge is 2.39. The molecule has 2 aromatic heterocycles. The smallest absolute Gasteiger partial charge is 0.385 e. The van der Waals surface area contributed by atoms with E-state index in [9.17, 15) is 28.2 Å². The summed E-state index contributed by atoms with van der Waals surface area (Å²) in [5.41, 5.74) is 0.275. The average molecular weight is 446 g/mol. The molecule has 0 spiro atoms. The molecule has 0 aliphatic rings. The number of aromatic amines is 1. The Bertz CT molecular complexity index is 1090. The Kier molecular flexibility index (Phi) is 6.06. The summed E-state index contributed by atoms with van der Waals surface area (Å²) in [6.07, 6.45) is -8.51. The summed E-state index contributed by atoms with van der Waals surface area (Å²) in [7, 11) is 0. The highest BCUT2D eigenvalue weighted by molar-refractivity contribution is 6.30. The number of aromatic nitrogens is 5. The van der Waals surface area contributed by atoms with Gasteiger partial charge in [0.05, 0.1) is 18.8 Å². The molecule has 0 aliphatic heterocycles. The van der Waals surface area contributed by atoms with E-state index in [1.165, 1.54) is 11.5 Å². The fourth-order valence-corrected chi connectivity index (χ4v) is 3.15. The van der Waals surface area contributed by atoms with Crippen molar-refractivity contribution >= 4 is 11.6 Å². The quantitative estimate of drug-likeness (QED) is 0.540. The van der Waals surface area contributed by atoms with E-state index >= 15 is 0 Å². The molecule has 0 saturated heterocycles. The first kappa shape index (κ1) is 22.1. The molecule has 3 N–H and O–H groups in total. The second-order valence-corrected chi connectivity index (χ2v) is 7.23. The van der Waals surface area contributed by atoms with Crippen molar-refractivity contribution in [1.82, 2.24) is 24.3 Å². The van der Waals surface area contributed by atoms with E-state index in [0.717, 1.165) is 4.57 Å². The largest absolute Gasteiger partial charge is 0.416 e. The number of halogens is 4. The third-order valence-electron chi connectivity index (χ3n) is 4.57. The Hall–Kier alpha value is -2.63. The van der Waals surface area contributed by atoms with Gasteiger partial charge < -0.3 is 10.2 Å². The Morgan fingerprint density at radius 3 is 2.37 bits per heavy atom. The van der Waals surface area contributed by atoms with Crippen LogP contribution in [-0.2, 0) is 13.1 Å². The van der Waals surface area contributed by atoms with Crippen LogP contribution < -0.4 is 5.69 Å². The lowest BCUT2D eigenvalue weighted by Gasteiger charge is -2.16. The molecular formula is C18H19ClF3N5O3. The number of nitrogens with one attached hydrogen (secondary N) is 1. The molecule has 2 atom stereocenters. The molecule has 0 aliphatic carbocycles. The van der Waals surface area contributed by atoms with Crippen LogP contribution in [0.2, 0.25) is 5.02 Å². The SMILES string of the molecule is Cc1c(-c2ccc(Cl)cc2)n(CC(O)C(F)(F)F)c(=O)n1Cc1n[nH]c([C@H](C)O)n1. The highest BCUT2D eigenvalue weighted by Crippen LogP contribution is 2.27. The van der Waals surface area contributed by atoms with Gasteiger partial charge in [-0.15, -0.1) is 0 Å². The molecule has 0 radical (unpaired) electrons. The number of aliphatic hydroxyl groups excluding tert-OH is 2. The van der Waals surface area contributed by atoms with Crippen LogP contribution in [-0.4, -0.2) is 46.8 Å². The van der Waals surface area contributed by atoms with Crippen molar-refractivity contribution < 1.29 is 23.4 Å². The van der Waals surface area contributed by atoms with Gasteiger partial charge in [-0.1, -0.05) is 23.7 Å². The zero-order valence-electron chi connectivity index (χ0n) is 16.0. The number of rotatable bonds is 6. The van der Waals surface area contributed by atoms with Gasteiger partial charge in [0, 0.05) is 16.3 Å². The van der Waals surface area contributed by atoms with Crippen molar-refractivity contribution in [3.05, 3.63) is 57.1 Å². The van der Waals surface area contributed by atoms with Crippen molar-refractivity contribution in [2.45, 2.75) is 45.3 Å². The van der Waals surface area contributed by atoms with Gasteiger partial charge in [-0.2, -0.15) is 18.3 Å². The van der Waals surface area contributed by atoms with E-state index < -0.39 is 30.6 Å². The van der Waals surface area contributed by atoms with E-state index in [-0.39, 0.29) is 23.9 Å². The first-order chi connectivity index (χ1) is 14.0. The van der Waals surface area contributed by atoms with Crippen LogP contribution in [0.1, 0.15) is 30.4 Å². The minimum Gasteiger partial charge on any atom is -0.385 e. The minimum atomic E-state index is -4.89. The summed E-state index contributed by atoms with van der Waals surface area (Å²) in [6.45, 7) is 1.95. The number of imidazole rings is 1. The lowest BCUT2D eigenvalue weighted by molar-refractivity contribution is -0.207. The average Bonchev–Trinajstić information content (AvgIpc) is 3.22. The van der Waals surface area contributed by atoms with Gasteiger partial charge in [-0.25, -0.2) is 9.78 Å². The normalized spacial score (nSPS) is 14.1. The predicted molar refractivity (Wildman–Crippen MR) is 102 cm³/mol. The maximum atomic E-state index is 13.0. The molecule has 1 unspecified atom stereocenters. The van der Waals surface area contributed by atoms with Gasteiger partial charge in [0.1, 0.15) is 6.10 Å². The summed E-state index contributed by atoms with van der Waals surface area (Å²) < 4.78 is 40.9. The summed E-state index contributed by atoms with van der Waals surface area (Å²) in [5, 5.41) is 26.0. The first-order valence-corrected chi connectivity index (χ1v) is 9.26. The van der Waals surface area contributed by atoms with Gasteiger partial charge in [-0.05, 0) is 26.0 Å². The molecule has 2 heterocycles. The molecule has 1 aromatic carbocycles. The van der Waals surface area contributed by atoms with E-state index in [4.69, 9.17) is 11.6 Å². The van der Waals surface area contributed by atoms with E-state index in [0.29, 0.717) is 16.3 Å². The second-order valence-electron chi connectivity index (χ2n) is 6.79. The molecule has 12 heteroatoms. The lowest BCUT2D eigenvalue weighted by Crippen LogP contribution is -2.37. The molecule has 162 valence electrons. The number of alkyl halides is 3. The van der Waals surface area contributed by atoms with Crippen LogP contribution >= 0.6 is 11.6 Å². The Morgan fingerprint density at radius 1 is 1.20 bits per heavy atom. The van der Waals surface area contributed by atoms with Crippen LogP contribution in [0.4, 0.5) is 13.2 Å². The highest BCUT2D eigenvalue weighted by atomic mass is 35.5. The van der Waals surface area contributed by atoms with Gasteiger partial charge in [0.15, 0.2) is 17.8 Å². The second kappa shape index (κ2) is 8.25. The molecule has 0 amide bonds. The van der Waals surface area contributed by atoms with Crippen molar-refractivity contribution in [2.24, 2.45) is 0 Å². The fourth-order valence-electron chi connectivity index (χ4n) is 3.02. The Labute approximate surface area is 173 Å². The lowest BCUT2D eigenvalue weighted by atomic mass is 10.1. The number of hydrogen-bond acceptors (Lipinski definition) is 5. The number of aliphatic hydroxyl groups is 2. The Morgan fingerprint density at radius 2 is 1.83 bits per heavy atom. The predicted octanol–water partition coefficient (Wildman–Crippen LogP) is 2.42. The van der Waals surface area contributed by atoms with Crippen LogP contribution in [0.3, 0.4) is 0 Å². The van der Waals surface area contributed by atoms with E-state index in [1.54, 1.807) is 31.2 Å². The monoisotopic (exact) mass is 445 g/mol. The molecular weight excluding hydrogens is 427 g/mol. The molecule has 0 bridgehead atoms. The zero-order chi connectivity index (χ0) is 22.2.